The Hall–Kier alpha value is -0.0800. The van der Waals surface area contributed by atoms with Crippen molar-refractivity contribution in [3.63, 3.8) is 0 Å². The van der Waals surface area contributed by atoms with Crippen molar-refractivity contribution >= 4 is 37.5 Å². The third-order valence-corrected chi connectivity index (χ3v) is 5.08. The molecular weight excluding hydrogens is 326 g/mol. The number of hydrogen-bond acceptors (Lipinski definition) is 5. The summed E-state index contributed by atoms with van der Waals surface area (Å²) in [7, 11) is -1.72. The van der Waals surface area contributed by atoms with Crippen LogP contribution in [0.1, 0.15) is 5.56 Å². The van der Waals surface area contributed by atoms with Crippen LogP contribution in [-0.2, 0) is 21.2 Å². The Morgan fingerprint density at radius 1 is 1.47 bits per heavy atom. The Bertz CT molecular complexity index is 503. The highest BCUT2D eigenvalue weighted by molar-refractivity contribution is 9.10. The molecule has 1 aromatic rings. The molecular formula is C10H14BrNO3S2. The second-order valence-corrected chi connectivity index (χ2v) is 7.06. The van der Waals surface area contributed by atoms with Gasteiger partial charge < -0.3 is 4.84 Å². The van der Waals surface area contributed by atoms with E-state index in [-0.39, 0.29) is 0 Å². The predicted molar refractivity (Wildman–Crippen MR) is 72.9 cm³/mol. The smallest absolute Gasteiger partial charge is 0.176 e. The average Bonchev–Trinajstić information content (AvgIpc) is 2.24. The van der Waals surface area contributed by atoms with Gasteiger partial charge in [-0.15, -0.1) is 11.8 Å². The summed E-state index contributed by atoms with van der Waals surface area (Å²) >= 11 is 4.79. The van der Waals surface area contributed by atoms with Crippen molar-refractivity contribution in [1.29, 1.82) is 0 Å². The number of hydrogen-bond donors (Lipinski definition) is 1. The number of rotatable bonds is 5. The molecule has 0 amide bonds. The van der Waals surface area contributed by atoms with Crippen molar-refractivity contribution in [3.8, 4) is 0 Å². The summed E-state index contributed by atoms with van der Waals surface area (Å²) in [6, 6.07) is 3.55. The zero-order chi connectivity index (χ0) is 13.1. The van der Waals surface area contributed by atoms with Gasteiger partial charge in [0.05, 0.1) is 12.0 Å². The van der Waals surface area contributed by atoms with Crippen LogP contribution in [0.25, 0.3) is 0 Å². The van der Waals surface area contributed by atoms with E-state index < -0.39 is 9.84 Å². The Labute approximate surface area is 114 Å². The third-order valence-electron chi connectivity index (χ3n) is 2.09. The summed E-state index contributed by atoms with van der Waals surface area (Å²) < 4.78 is 24.2. The average molecular weight is 340 g/mol. The van der Waals surface area contributed by atoms with E-state index in [0.29, 0.717) is 11.4 Å². The number of thioether (sulfide) groups is 1. The van der Waals surface area contributed by atoms with Gasteiger partial charge in [0.15, 0.2) is 9.84 Å². The standard InChI is InChI=1S/C10H14BrNO3S2/c1-15-12-6-7-4-8(11)10(16-2)9(5-7)17(3,13)14/h4-5,12H,6H2,1-3H3. The zero-order valence-corrected chi connectivity index (χ0v) is 13.0. The van der Waals surface area contributed by atoms with E-state index in [1.807, 2.05) is 12.3 Å². The Balaban J connectivity index is 3.29. The first-order valence-corrected chi connectivity index (χ1v) is 8.63. The molecule has 7 heteroatoms. The van der Waals surface area contributed by atoms with Gasteiger partial charge in [-0.3, -0.25) is 0 Å². The molecule has 1 N–H and O–H groups in total. The molecule has 0 saturated carbocycles. The van der Waals surface area contributed by atoms with Gasteiger partial charge in [-0.1, -0.05) is 0 Å². The molecule has 0 fully saturated rings. The highest BCUT2D eigenvalue weighted by Gasteiger charge is 2.16. The normalized spacial score (nSPS) is 11.8. The first-order chi connectivity index (χ1) is 7.90. The summed E-state index contributed by atoms with van der Waals surface area (Å²) in [4.78, 5) is 5.82. The van der Waals surface area contributed by atoms with Crippen LogP contribution >= 0.6 is 27.7 Å². The van der Waals surface area contributed by atoms with Crippen LogP contribution in [0.4, 0.5) is 0 Å². The summed E-state index contributed by atoms with van der Waals surface area (Å²) in [6.45, 7) is 0.451. The van der Waals surface area contributed by atoms with Crippen LogP contribution in [0.5, 0.6) is 0 Å². The van der Waals surface area contributed by atoms with Crippen LogP contribution in [0.3, 0.4) is 0 Å². The maximum absolute atomic E-state index is 11.7. The number of halogens is 1. The first-order valence-electron chi connectivity index (χ1n) is 4.72. The second kappa shape index (κ2) is 6.19. The molecule has 0 saturated heterocycles. The predicted octanol–water partition coefficient (Wildman–Crippen LogP) is 2.23. The van der Waals surface area contributed by atoms with E-state index in [9.17, 15) is 8.42 Å². The van der Waals surface area contributed by atoms with Crippen molar-refractivity contribution < 1.29 is 13.3 Å². The Morgan fingerprint density at radius 2 is 2.12 bits per heavy atom. The maximum atomic E-state index is 11.7. The monoisotopic (exact) mass is 339 g/mol. The van der Waals surface area contributed by atoms with Crippen molar-refractivity contribution in [2.24, 2.45) is 0 Å². The fourth-order valence-corrected chi connectivity index (χ4v) is 4.51. The molecule has 0 aliphatic heterocycles. The Morgan fingerprint density at radius 3 is 2.59 bits per heavy atom. The van der Waals surface area contributed by atoms with Gasteiger partial charge in [-0.25, -0.2) is 8.42 Å². The minimum Gasteiger partial charge on any atom is -0.305 e. The highest BCUT2D eigenvalue weighted by Crippen LogP contribution is 2.33. The number of nitrogens with one attached hydrogen (secondary N) is 1. The van der Waals surface area contributed by atoms with Gasteiger partial charge in [0.25, 0.3) is 0 Å². The molecule has 0 radical (unpaired) electrons. The number of hydroxylamine groups is 1. The molecule has 1 rings (SSSR count). The SMILES string of the molecule is CONCc1cc(Br)c(SC)c(S(C)(=O)=O)c1. The van der Waals surface area contributed by atoms with Crippen molar-refractivity contribution in [2.45, 2.75) is 16.3 Å². The summed E-state index contributed by atoms with van der Waals surface area (Å²) in [6.07, 6.45) is 3.06. The molecule has 17 heavy (non-hydrogen) atoms. The maximum Gasteiger partial charge on any atom is 0.176 e. The molecule has 4 nitrogen and oxygen atoms in total. The lowest BCUT2D eigenvalue weighted by molar-refractivity contribution is 0.0866. The van der Waals surface area contributed by atoms with Gasteiger partial charge in [-0.05, 0) is 39.9 Å². The summed E-state index contributed by atoms with van der Waals surface area (Å²) in [5.41, 5.74) is 3.53. The Kier molecular flexibility index (Phi) is 5.46. The quantitative estimate of drug-likeness (QED) is 0.658. The minimum atomic E-state index is -3.24. The molecule has 0 unspecified atom stereocenters. The van der Waals surface area contributed by atoms with Crippen molar-refractivity contribution in [2.75, 3.05) is 19.6 Å². The van der Waals surface area contributed by atoms with Gasteiger partial charge in [-0.2, -0.15) is 5.48 Å². The molecule has 0 atom stereocenters. The fourth-order valence-electron chi connectivity index (χ4n) is 1.35. The van der Waals surface area contributed by atoms with E-state index in [1.54, 1.807) is 6.07 Å². The lowest BCUT2D eigenvalue weighted by atomic mass is 10.2. The molecule has 96 valence electrons. The molecule has 0 aromatic heterocycles. The fraction of sp³-hybridized carbons (Fsp3) is 0.400. The minimum absolute atomic E-state index is 0.340. The van der Waals surface area contributed by atoms with Gasteiger partial charge >= 0.3 is 0 Å². The summed E-state index contributed by atoms with van der Waals surface area (Å²) in [5.74, 6) is 0. The van der Waals surface area contributed by atoms with E-state index >= 15 is 0 Å². The van der Waals surface area contributed by atoms with E-state index in [2.05, 4.69) is 21.4 Å². The lowest BCUT2D eigenvalue weighted by Crippen LogP contribution is -2.12. The molecule has 0 heterocycles. The van der Waals surface area contributed by atoms with Gasteiger partial charge in [0, 0.05) is 22.2 Å². The van der Waals surface area contributed by atoms with Gasteiger partial charge in [0.2, 0.25) is 0 Å². The molecule has 0 spiro atoms. The topological polar surface area (TPSA) is 55.4 Å². The highest BCUT2D eigenvalue weighted by atomic mass is 79.9. The van der Waals surface area contributed by atoms with Crippen LogP contribution in [0.15, 0.2) is 26.4 Å². The number of benzene rings is 1. The second-order valence-electron chi connectivity index (χ2n) is 3.41. The van der Waals surface area contributed by atoms with Crippen LogP contribution < -0.4 is 5.48 Å². The lowest BCUT2D eigenvalue weighted by Gasteiger charge is -2.11. The zero-order valence-electron chi connectivity index (χ0n) is 9.78. The number of sulfone groups is 1. The molecule has 0 bridgehead atoms. The van der Waals surface area contributed by atoms with Crippen molar-refractivity contribution in [1.82, 2.24) is 5.48 Å². The summed E-state index contributed by atoms with van der Waals surface area (Å²) in [5, 5.41) is 0. The van der Waals surface area contributed by atoms with Crippen LogP contribution in [-0.4, -0.2) is 28.0 Å². The van der Waals surface area contributed by atoms with E-state index in [0.717, 1.165) is 14.9 Å². The van der Waals surface area contributed by atoms with E-state index in [4.69, 9.17) is 4.84 Å². The molecule has 0 aliphatic rings. The van der Waals surface area contributed by atoms with Gasteiger partial charge in [0.1, 0.15) is 0 Å². The molecule has 0 aliphatic carbocycles. The van der Waals surface area contributed by atoms with Crippen molar-refractivity contribution in [3.05, 3.63) is 22.2 Å². The largest absolute Gasteiger partial charge is 0.305 e. The van der Waals surface area contributed by atoms with Crippen LogP contribution in [0, 0.1) is 0 Å². The van der Waals surface area contributed by atoms with E-state index in [1.165, 1.54) is 25.1 Å². The molecule has 1 aromatic carbocycles. The third kappa shape index (κ3) is 3.96. The van der Waals surface area contributed by atoms with Crippen LogP contribution in [0.2, 0.25) is 0 Å². The first kappa shape index (κ1) is 15.0.